The fourth-order valence-corrected chi connectivity index (χ4v) is 3.73. The Morgan fingerprint density at radius 2 is 2.00 bits per heavy atom. The number of aromatic amines is 2. The number of rotatable bonds is 5. The van der Waals surface area contributed by atoms with Crippen molar-refractivity contribution < 1.29 is 0 Å². The lowest BCUT2D eigenvalue weighted by molar-refractivity contribution is 1.08. The zero-order chi connectivity index (χ0) is 21.4. The SMILES string of the molecule is C=Nc1[nH]c(-c2n[nH]c3ccc(-c4cncnc4)cc23)cc1/C(=C\C)n1cnc(C)c1. The van der Waals surface area contributed by atoms with Crippen LogP contribution in [0.2, 0.25) is 0 Å². The number of nitrogens with one attached hydrogen (secondary N) is 2. The highest BCUT2D eigenvalue weighted by Gasteiger charge is 2.17. The average molecular weight is 408 g/mol. The van der Waals surface area contributed by atoms with Crippen LogP contribution in [0.4, 0.5) is 5.82 Å². The normalized spacial score (nSPS) is 11.9. The average Bonchev–Trinajstić information content (AvgIpc) is 3.53. The largest absolute Gasteiger partial charge is 0.338 e. The molecule has 8 heteroatoms. The third kappa shape index (κ3) is 3.24. The summed E-state index contributed by atoms with van der Waals surface area (Å²) in [4.78, 5) is 20.2. The summed E-state index contributed by atoms with van der Waals surface area (Å²) in [5.41, 5.74) is 7.40. The Bertz CT molecular complexity index is 1420. The lowest BCUT2D eigenvalue weighted by atomic mass is 10.0. The van der Waals surface area contributed by atoms with Gasteiger partial charge in [0.2, 0.25) is 0 Å². The van der Waals surface area contributed by atoms with Crippen LogP contribution in [0, 0.1) is 6.92 Å². The monoisotopic (exact) mass is 408 g/mol. The van der Waals surface area contributed by atoms with E-state index in [4.69, 9.17) is 0 Å². The molecule has 152 valence electrons. The van der Waals surface area contributed by atoms with E-state index in [0.29, 0.717) is 5.82 Å². The van der Waals surface area contributed by atoms with Crippen LogP contribution in [-0.4, -0.2) is 41.4 Å². The van der Waals surface area contributed by atoms with Crippen LogP contribution in [-0.2, 0) is 0 Å². The van der Waals surface area contributed by atoms with Gasteiger partial charge in [-0.2, -0.15) is 5.10 Å². The molecule has 0 amide bonds. The maximum atomic E-state index is 4.56. The molecular weight excluding hydrogens is 388 g/mol. The van der Waals surface area contributed by atoms with Gasteiger partial charge in [0.15, 0.2) is 0 Å². The van der Waals surface area contributed by atoms with E-state index in [1.165, 1.54) is 6.33 Å². The number of hydrogen-bond donors (Lipinski definition) is 2. The van der Waals surface area contributed by atoms with Gasteiger partial charge in [0, 0.05) is 35.1 Å². The summed E-state index contributed by atoms with van der Waals surface area (Å²) in [5, 5.41) is 8.67. The van der Waals surface area contributed by atoms with Crippen LogP contribution >= 0.6 is 0 Å². The van der Waals surface area contributed by atoms with Crippen LogP contribution in [0.3, 0.4) is 0 Å². The van der Waals surface area contributed by atoms with Crippen LogP contribution in [0.25, 0.3) is 39.1 Å². The van der Waals surface area contributed by atoms with Crippen molar-refractivity contribution in [1.82, 2.24) is 34.7 Å². The smallest absolute Gasteiger partial charge is 0.139 e. The molecule has 5 rings (SSSR count). The number of benzene rings is 1. The van der Waals surface area contributed by atoms with Crippen LogP contribution < -0.4 is 0 Å². The third-order valence-corrected chi connectivity index (χ3v) is 5.21. The molecule has 8 nitrogen and oxygen atoms in total. The highest BCUT2D eigenvalue weighted by molar-refractivity contribution is 5.96. The van der Waals surface area contributed by atoms with Gasteiger partial charge < -0.3 is 9.55 Å². The van der Waals surface area contributed by atoms with Crippen LogP contribution in [0.5, 0.6) is 0 Å². The quantitative estimate of drug-likeness (QED) is 0.409. The van der Waals surface area contributed by atoms with Crippen molar-refractivity contribution in [2.75, 3.05) is 0 Å². The number of hydrogen-bond acceptors (Lipinski definition) is 5. The second kappa shape index (κ2) is 7.49. The lowest BCUT2D eigenvalue weighted by Crippen LogP contribution is -1.94. The Hall–Kier alpha value is -4.33. The van der Waals surface area contributed by atoms with Crippen molar-refractivity contribution in [3.05, 3.63) is 72.8 Å². The number of aryl methyl sites for hydroxylation is 1. The van der Waals surface area contributed by atoms with Crippen LogP contribution in [0.1, 0.15) is 18.2 Å². The molecule has 0 saturated carbocycles. The Morgan fingerprint density at radius 3 is 2.71 bits per heavy atom. The molecule has 0 aliphatic rings. The van der Waals surface area contributed by atoms with Gasteiger partial charge in [-0.25, -0.2) is 19.9 Å². The summed E-state index contributed by atoms with van der Waals surface area (Å²) in [6, 6.07) is 8.17. The van der Waals surface area contributed by atoms with E-state index in [-0.39, 0.29) is 0 Å². The number of allylic oxidation sites excluding steroid dienone is 1. The van der Waals surface area contributed by atoms with E-state index in [9.17, 15) is 0 Å². The molecule has 31 heavy (non-hydrogen) atoms. The first-order chi connectivity index (χ1) is 15.2. The van der Waals surface area contributed by atoms with Crippen molar-refractivity contribution in [1.29, 1.82) is 0 Å². The molecule has 0 saturated heterocycles. The fourth-order valence-electron chi connectivity index (χ4n) is 3.73. The molecule has 4 heterocycles. The van der Waals surface area contributed by atoms with Gasteiger partial charge in [0.05, 0.1) is 28.9 Å². The maximum absolute atomic E-state index is 4.56. The Kier molecular flexibility index (Phi) is 4.51. The zero-order valence-corrected chi connectivity index (χ0v) is 17.2. The number of fused-ring (bicyclic) bond motifs is 1. The predicted molar refractivity (Wildman–Crippen MR) is 122 cm³/mol. The second-order valence-electron chi connectivity index (χ2n) is 7.16. The van der Waals surface area contributed by atoms with Gasteiger partial charge >= 0.3 is 0 Å². The first kappa shape index (κ1) is 18.7. The molecule has 4 aromatic heterocycles. The molecule has 0 radical (unpaired) electrons. The number of H-pyrrole nitrogens is 2. The maximum Gasteiger partial charge on any atom is 0.139 e. The molecule has 0 unspecified atom stereocenters. The van der Waals surface area contributed by atoms with Gasteiger partial charge in [-0.15, -0.1) is 0 Å². The van der Waals surface area contributed by atoms with Gasteiger partial charge in [0.1, 0.15) is 17.8 Å². The minimum atomic E-state index is 0.679. The molecule has 1 aromatic carbocycles. The van der Waals surface area contributed by atoms with Crippen molar-refractivity contribution in [2.24, 2.45) is 4.99 Å². The number of imidazole rings is 1. The summed E-state index contributed by atoms with van der Waals surface area (Å²) < 4.78 is 1.98. The number of aromatic nitrogens is 7. The number of nitrogens with zero attached hydrogens (tertiary/aromatic N) is 6. The first-order valence-electron chi connectivity index (χ1n) is 9.79. The van der Waals surface area contributed by atoms with E-state index in [0.717, 1.165) is 50.4 Å². The molecule has 2 N–H and O–H groups in total. The molecule has 0 fully saturated rings. The van der Waals surface area contributed by atoms with Gasteiger partial charge in [-0.1, -0.05) is 12.1 Å². The molecule has 0 bridgehead atoms. The predicted octanol–water partition coefficient (Wildman–Crippen LogP) is 4.76. The molecule has 0 aliphatic heterocycles. The number of aliphatic imine (C=N–C) groups is 1. The Balaban J connectivity index is 1.63. The van der Waals surface area contributed by atoms with Crippen LogP contribution in [0.15, 0.2) is 66.6 Å². The summed E-state index contributed by atoms with van der Waals surface area (Å²) in [6.45, 7) is 7.69. The molecular formula is C23H20N8. The molecule has 5 aromatic rings. The Morgan fingerprint density at radius 1 is 1.16 bits per heavy atom. The zero-order valence-electron chi connectivity index (χ0n) is 17.2. The Labute approximate surface area is 178 Å². The standard InChI is InChI=1S/C23H20N8/c1-4-21(31-11-14(2)27-13-31)18-8-20(28-23(18)24-3)22-17-7-15(5-6-19(17)29-30-22)16-9-25-12-26-10-16/h4-13,28H,3H2,1-2H3,(H,29,30)/b21-4+. The minimum Gasteiger partial charge on any atom is -0.338 e. The van der Waals surface area contributed by atoms with E-state index in [2.05, 4.69) is 47.9 Å². The minimum absolute atomic E-state index is 0.679. The van der Waals surface area contributed by atoms with E-state index in [1.54, 1.807) is 18.7 Å². The molecule has 0 aliphatic carbocycles. The van der Waals surface area contributed by atoms with Gasteiger partial charge in [-0.05, 0) is 44.3 Å². The highest BCUT2D eigenvalue weighted by Crippen LogP contribution is 2.35. The van der Waals surface area contributed by atoms with E-state index in [1.807, 2.05) is 48.9 Å². The summed E-state index contributed by atoms with van der Waals surface area (Å²) >= 11 is 0. The van der Waals surface area contributed by atoms with Crippen molar-refractivity contribution in [3.63, 3.8) is 0 Å². The molecule has 0 spiro atoms. The van der Waals surface area contributed by atoms with Crippen molar-refractivity contribution in [3.8, 4) is 22.5 Å². The lowest BCUT2D eigenvalue weighted by Gasteiger charge is -2.06. The van der Waals surface area contributed by atoms with Crippen molar-refractivity contribution >= 4 is 29.1 Å². The van der Waals surface area contributed by atoms with Crippen molar-refractivity contribution in [2.45, 2.75) is 13.8 Å². The van der Waals surface area contributed by atoms with Gasteiger partial charge in [-0.3, -0.25) is 5.10 Å². The summed E-state index contributed by atoms with van der Waals surface area (Å²) in [5.74, 6) is 0.679. The van der Waals surface area contributed by atoms with E-state index < -0.39 is 0 Å². The summed E-state index contributed by atoms with van der Waals surface area (Å²) in [6.07, 6.45) is 10.9. The topological polar surface area (TPSA) is 100 Å². The first-order valence-corrected chi connectivity index (χ1v) is 9.79. The summed E-state index contributed by atoms with van der Waals surface area (Å²) in [7, 11) is 0. The molecule has 0 atom stereocenters. The third-order valence-electron chi connectivity index (χ3n) is 5.21. The second-order valence-corrected chi connectivity index (χ2v) is 7.16. The van der Waals surface area contributed by atoms with Gasteiger partial charge in [0.25, 0.3) is 0 Å². The fraction of sp³-hybridized carbons (Fsp3) is 0.0870. The highest BCUT2D eigenvalue weighted by atomic mass is 15.1. The van der Waals surface area contributed by atoms with E-state index >= 15 is 0 Å².